The van der Waals surface area contributed by atoms with Crippen LogP contribution in [0.25, 0.3) is 0 Å². The lowest BCUT2D eigenvalue weighted by Crippen LogP contribution is -2.35. The number of nitrogens with one attached hydrogen (secondary N) is 1. The Hall–Kier alpha value is -1.11. The third kappa shape index (κ3) is 3.69. The number of rotatable bonds is 6. The van der Waals surface area contributed by atoms with E-state index in [1.807, 2.05) is 6.92 Å². The number of sulfonamides is 1. The fraction of sp³-hybridized carbons (Fsp3) is 0.500. The van der Waals surface area contributed by atoms with Gasteiger partial charge < -0.3 is 10.5 Å². The van der Waals surface area contributed by atoms with Gasteiger partial charge in [0.05, 0.1) is 11.5 Å². The number of hydrogen-bond acceptors (Lipinski definition) is 4. The molecule has 0 heterocycles. The molecule has 0 radical (unpaired) electrons. The van der Waals surface area contributed by atoms with Gasteiger partial charge >= 0.3 is 0 Å². The number of aryl methyl sites for hydroxylation is 1. The minimum atomic E-state index is -3.54. The van der Waals surface area contributed by atoms with Gasteiger partial charge in [-0.15, -0.1) is 0 Å². The van der Waals surface area contributed by atoms with Crippen LogP contribution in [0.4, 0.5) is 5.69 Å². The third-order valence-corrected chi connectivity index (χ3v) is 4.17. The predicted octanol–water partition coefficient (Wildman–Crippen LogP) is 1.14. The Bertz CT molecular complexity index is 500. The van der Waals surface area contributed by atoms with E-state index in [1.165, 1.54) is 13.2 Å². The van der Waals surface area contributed by atoms with Gasteiger partial charge in [-0.3, -0.25) is 0 Å². The topological polar surface area (TPSA) is 81.4 Å². The minimum Gasteiger partial charge on any atom is -0.398 e. The molecule has 1 atom stereocenters. The molecular weight excluding hydrogens is 252 g/mol. The van der Waals surface area contributed by atoms with E-state index >= 15 is 0 Å². The number of hydrogen-bond donors (Lipinski definition) is 2. The average molecular weight is 272 g/mol. The molecule has 0 aliphatic heterocycles. The highest BCUT2D eigenvalue weighted by Gasteiger charge is 2.17. The lowest BCUT2D eigenvalue weighted by molar-refractivity contribution is 0.180. The van der Waals surface area contributed by atoms with Crippen molar-refractivity contribution in [2.24, 2.45) is 0 Å². The van der Waals surface area contributed by atoms with Crippen molar-refractivity contribution in [2.45, 2.75) is 31.2 Å². The van der Waals surface area contributed by atoms with Crippen molar-refractivity contribution >= 4 is 15.7 Å². The fourth-order valence-corrected chi connectivity index (χ4v) is 2.94. The highest BCUT2D eigenvalue weighted by atomic mass is 32.2. The normalized spacial score (nSPS) is 13.5. The number of nitrogens with two attached hydrogens (primary N) is 1. The average Bonchev–Trinajstić information content (AvgIpc) is 2.28. The van der Waals surface area contributed by atoms with Crippen molar-refractivity contribution in [2.75, 3.05) is 19.5 Å². The number of anilines is 1. The van der Waals surface area contributed by atoms with E-state index in [0.717, 1.165) is 12.0 Å². The van der Waals surface area contributed by atoms with Crippen LogP contribution in [0.2, 0.25) is 0 Å². The van der Waals surface area contributed by atoms with Gasteiger partial charge in [0.15, 0.2) is 0 Å². The van der Waals surface area contributed by atoms with Crippen LogP contribution >= 0.6 is 0 Å². The van der Waals surface area contributed by atoms with Crippen LogP contribution in [0, 0.1) is 0 Å². The largest absolute Gasteiger partial charge is 0.398 e. The lowest BCUT2D eigenvalue weighted by Gasteiger charge is -2.14. The molecule has 0 bridgehead atoms. The molecule has 3 N–H and O–H groups in total. The van der Waals surface area contributed by atoms with E-state index in [2.05, 4.69) is 4.72 Å². The first kappa shape index (κ1) is 14.9. The smallest absolute Gasteiger partial charge is 0.240 e. The Morgan fingerprint density at radius 2 is 2.11 bits per heavy atom. The van der Waals surface area contributed by atoms with Gasteiger partial charge in [0, 0.05) is 18.8 Å². The molecule has 102 valence electrons. The molecule has 0 saturated carbocycles. The number of benzene rings is 1. The Morgan fingerprint density at radius 3 is 2.61 bits per heavy atom. The summed E-state index contributed by atoms with van der Waals surface area (Å²) < 4.78 is 31.5. The van der Waals surface area contributed by atoms with Crippen LogP contribution in [0.15, 0.2) is 23.1 Å². The molecule has 1 aromatic carbocycles. The van der Waals surface area contributed by atoms with Crippen LogP contribution in [0.1, 0.15) is 19.4 Å². The second-order valence-electron chi connectivity index (χ2n) is 4.19. The number of nitrogen functional groups attached to an aromatic ring is 1. The van der Waals surface area contributed by atoms with E-state index in [4.69, 9.17) is 10.5 Å². The summed E-state index contributed by atoms with van der Waals surface area (Å²) in [5, 5.41) is 0. The molecule has 1 unspecified atom stereocenters. The summed E-state index contributed by atoms with van der Waals surface area (Å²) in [5.41, 5.74) is 7.24. The molecule has 1 aromatic rings. The summed E-state index contributed by atoms with van der Waals surface area (Å²) in [4.78, 5) is 0.181. The first-order valence-electron chi connectivity index (χ1n) is 5.80. The van der Waals surface area contributed by atoms with Crippen LogP contribution < -0.4 is 10.5 Å². The van der Waals surface area contributed by atoms with E-state index in [9.17, 15) is 8.42 Å². The summed E-state index contributed by atoms with van der Waals surface area (Å²) in [6.07, 6.45) is 0.777. The Kier molecular flexibility index (Phi) is 5.13. The van der Waals surface area contributed by atoms with Crippen molar-refractivity contribution in [1.29, 1.82) is 0 Å². The molecule has 0 aliphatic rings. The van der Waals surface area contributed by atoms with Crippen molar-refractivity contribution in [1.82, 2.24) is 4.72 Å². The van der Waals surface area contributed by atoms with E-state index in [1.54, 1.807) is 19.1 Å². The van der Waals surface area contributed by atoms with Gasteiger partial charge in [-0.25, -0.2) is 13.1 Å². The molecule has 0 aromatic heterocycles. The van der Waals surface area contributed by atoms with Crippen molar-refractivity contribution in [3.05, 3.63) is 23.8 Å². The molecule has 0 fully saturated rings. The molecule has 0 aliphatic carbocycles. The molecule has 0 saturated heterocycles. The zero-order valence-corrected chi connectivity index (χ0v) is 11.8. The van der Waals surface area contributed by atoms with Gasteiger partial charge in [0.2, 0.25) is 10.0 Å². The molecular formula is C12H20N2O3S. The second kappa shape index (κ2) is 6.17. The molecule has 1 rings (SSSR count). The zero-order chi connectivity index (χ0) is 13.8. The lowest BCUT2D eigenvalue weighted by atomic mass is 10.1. The highest BCUT2D eigenvalue weighted by molar-refractivity contribution is 7.89. The maximum Gasteiger partial charge on any atom is 0.240 e. The zero-order valence-electron chi connectivity index (χ0n) is 10.9. The Morgan fingerprint density at radius 1 is 1.44 bits per heavy atom. The summed E-state index contributed by atoms with van der Waals surface area (Å²) in [5.74, 6) is 0. The van der Waals surface area contributed by atoms with Crippen LogP contribution in [-0.4, -0.2) is 28.2 Å². The monoisotopic (exact) mass is 272 g/mol. The van der Waals surface area contributed by atoms with Crippen LogP contribution in [-0.2, 0) is 21.2 Å². The Balaban J connectivity index is 2.95. The second-order valence-corrected chi connectivity index (χ2v) is 5.91. The van der Waals surface area contributed by atoms with Gasteiger partial charge in [-0.05, 0) is 31.0 Å². The van der Waals surface area contributed by atoms with Gasteiger partial charge in [-0.2, -0.15) is 0 Å². The molecule has 5 nitrogen and oxygen atoms in total. The van der Waals surface area contributed by atoms with E-state index in [0.29, 0.717) is 12.3 Å². The fourth-order valence-electron chi connectivity index (χ4n) is 1.68. The standard InChI is InChI=1S/C12H20N2O3S/c1-4-10-5-6-11(7-12(10)13)18(15,16)14-9(2)8-17-3/h5-7,9,14H,4,8,13H2,1-3H3. The quantitative estimate of drug-likeness (QED) is 0.761. The highest BCUT2D eigenvalue weighted by Crippen LogP contribution is 2.18. The van der Waals surface area contributed by atoms with Gasteiger partial charge in [-0.1, -0.05) is 13.0 Å². The van der Waals surface area contributed by atoms with Crippen molar-refractivity contribution in [3.63, 3.8) is 0 Å². The maximum absolute atomic E-state index is 12.0. The van der Waals surface area contributed by atoms with Crippen LogP contribution in [0.3, 0.4) is 0 Å². The summed E-state index contributed by atoms with van der Waals surface area (Å²) in [7, 11) is -2.01. The first-order valence-corrected chi connectivity index (χ1v) is 7.28. The minimum absolute atomic E-state index is 0.181. The first-order chi connectivity index (χ1) is 8.40. The molecule has 0 amide bonds. The maximum atomic E-state index is 12.0. The van der Waals surface area contributed by atoms with Crippen molar-refractivity contribution in [3.8, 4) is 0 Å². The van der Waals surface area contributed by atoms with E-state index < -0.39 is 10.0 Å². The third-order valence-electron chi connectivity index (χ3n) is 2.58. The van der Waals surface area contributed by atoms with Gasteiger partial charge in [0.25, 0.3) is 0 Å². The van der Waals surface area contributed by atoms with Crippen LogP contribution in [0.5, 0.6) is 0 Å². The van der Waals surface area contributed by atoms with Crippen molar-refractivity contribution < 1.29 is 13.2 Å². The summed E-state index contributed by atoms with van der Waals surface area (Å²) >= 11 is 0. The molecule has 18 heavy (non-hydrogen) atoms. The van der Waals surface area contributed by atoms with E-state index in [-0.39, 0.29) is 10.9 Å². The van der Waals surface area contributed by atoms with Gasteiger partial charge in [0.1, 0.15) is 0 Å². The SMILES string of the molecule is CCc1ccc(S(=O)(=O)NC(C)COC)cc1N. The number of methoxy groups -OCH3 is 1. The molecule has 6 heteroatoms. The summed E-state index contributed by atoms with van der Waals surface area (Å²) in [6, 6.07) is 4.51. The Labute approximate surface area is 108 Å². The molecule has 0 spiro atoms. The predicted molar refractivity (Wildman–Crippen MR) is 71.9 cm³/mol. The summed E-state index contributed by atoms with van der Waals surface area (Å²) in [6.45, 7) is 4.03. The number of ether oxygens (including phenoxy) is 1.